The smallest absolute Gasteiger partial charge is 0.291 e. The molecule has 0 spiro atoms. The molecule has 0 saturated carbocycles. The minimum absolute atomic E-state index is 0.0436. The highest BCUT2D eigenvalue weighted by molar-refractivity contribution is 6.08. The predicted molar refractivity (Wildman–Crippen MR) is 191 cm³/mol. The Hall–Kier alpha value is -5.69. The summed E-state index contributed by atoms with van der Waals surface area (Å²) in [4.78, 5) is 42.0. The number of fused-ring (bicyclic) bond motifs is 1. The van der Waals surface area contributed by atoms with Gasteiger partial charge >= 0.3 is 0 Å². The van der Waals surface area contributed by atoms with Crippen molar-refractivity contribution in [2.45, 2.75) is 55.4 Å². The third kappa shape index (κ3) is 9.65. The van der Waals surface area contributed by atoms with Gasteiger partial charge in [0.2, 0.25) is 5.76 Å². The van der Waals surface area contributed by atoms with Crippen molar-refractivity contribution in [3.63, 3.8) is 0 Å². The lowest BCUT2D eigenvalue weighted by atomic mass is 10.0. The topological polar surface area (TPSA) is 134 Å². The first-order valence-corrected chi connectivity index (χ1v) is 15.6. The molecule has 2 aromatic carbocycles. The van der Waals surface area contributed by atoms with E-state index in [2.05, 4.69) is 22.2 Å². The molecule has 47 heavy (non-hydrogen) atoms. The van der Waals surface area contributed by atoms with Gasteiger partial charge in [0.1, 0.15) is 11.6 Å². The Morgan fingerprint density at radius 2 is 1.53 bits per heavy atom. The van der Waals surface area contributed by atoms with Crippen LogP contribution in [0.2, 0.25) is 0 Å². The van der Waals surface area contributed by atoms with Gasteiger partial charge in [-0.05, 0) is 49.2 Å². The molecule has 0 saturated heterocycles. The normalized spacial score (nSPS) is 9.38. The van der Waals surface area contributed by atoms with Crippen molar-refractivity contribution in [1.82, 2.24) is 19.4 Å². The summed E-state index contributed by atoms with van der Waals surface area (Å²) in [5.41, 5.74) is 4.46. The maximum atomic E-state index is 13.2. The highest BCUT2D eigenvalue weighted by atomic mass is 16.5. The van der Waals surface area contributed by atoms with E-state index in [1.54, 1.807) is 56.4 Å². The van der Waals surface area contributed by atoms with E-state index in [9.17, 15) is 19.6 Å². The molecule has 3 heterocycles. The first-order valence-electron chi connectivity index (χ1n) is 15.6. The Balaban J connectivity index is 0.00000112. The summed E-state index contributed by atoms with van der Waals surface area (Å²) >= 11 is 0. The van der Waals surface area contributed by atoms with Crippen LogP contribution in [-0.2, 0) is 7.05 Å². The summed E-state index contributed by atoms with van der Waals surface area (Å²) in [5, 5.41) is 14.7. The lowest BCUT2D eigenvalue weighted by molar-refractivity contribution is 0.0961. The van der Waals surface area contributed by atoms with E-state index in [-0.39, 0.29) is 28.5 Å². The molecule has 10 nitrogen and oxygen atoms in total. The van der Waals surface area contributed by atoms with Crippen LogP contribution in [0.25, 0.3) is 27.8 Å². The SMILES string of the molecule is C=CC.CC.CC.CC.CNC(=O)c1cccc(NC(=O)c2nc(C)cn3cc(-c4ccc(-c5c(C#N)on(C)c5=O)cc4)cc23)c1. The van der Waals surface area contributed by atoms with E-state index in [1.165, 1.54) is 7.05 Å². The van der Waals surface area contributed by atoms with Crippen molar-refractivity contribution < 1.29 is 14.1 Å². The molecule has 0 atom stereocenters. The number of nitrogens with one attached hydrogen (secondary N) is 2. The summed E-state index contributed by atoms with van der Waals surface area (Å²) in [6, 6.07) is 17.6. The van der Waals surface area contributed by atoms with Gasteiger partial charge in [0.15, 0.2) is 5.69 Å². The number of aryl methyl sites for hydroxylation is 2. The quantitative estimate of drug-likeness (QED) is 0.187. The Morgan fingerprint density at radius 1 is 0.936 bits per heavy atom. The maximum Gasteiger partial charge on any atom is 0.291 e. The van der Waals surface area contributed by atoms with Gasteiger partial charge in [-0.25, -0.2) is 4.98 Å². The van der Waals surface area contributed by atoms with Crippen LogP contribution in [0, 0.1) is 18.3 Å². The van der Waals surface area contributed by atoms with Crippen molar-refractivity contribution >= 4 is 23.0 Å². The van der Waals surface area contributed by atoms with Gasteiger partial charge in [-0.1, -0.05) is 78.0 Å². The monoisotopic (exact) mass is 638 g/mol. The van der Waals surface area contributed by atoms with Gasteiger partial charge in [0.25, 0.3) is 17.4 Å². The van der Waals surface area contributed by atoms with E-state index in [1.807, 2.05) is 89.5 Å². The fraction of sp³-hybridized carbons (Fsp3) is 0.270. The third-order valence-electron chi connectivity index (χ3n) is 6.09. The number of nitriles is 1. The molecular formula is C37H46N6O4. The number of aromatic nitrogens is 3. The van der Waals surface area contributed by atoms with Gasteiger partial charge in [0, 0.05) is 43.3 Å². The number of nitrogens with zero attached hydrogens (tertiary/aromatic N) is 4. The Kier molecular flexibility index (Phi) is 16.4. The van der Waals surface area contributed by atoms with Gasteiger partial charge in [0.05, 0.1) is 11.2 Å². The van der Waals surface area contributed by atoms with Gasteiger partial charge in [-0.2, -0.15) is 10.0 Å². The summed E-state index contributed by atoms with van der Waals surface area (Å²) in [6.45, 7) is 19.1. The number of allylic oxidation sites excluding steroid dienone is 1. The van der Waals surface area contributed by atoms with Gasteiger partial charge < -0.3 is 19.6 Å². The summed E-state index contributed by atoms with van der Waals surface area (Å²) in [6.07, 6.45) is 5.46. The largest absolute Gasteiger partial charge is 0.365 e. The Morgan fingerprint density at radius 3 is 2.11 bits per heavy atom. The zero-order valence-electron chi connectivity index (χ0n) is 29.1. The highest BCUT2D eigenvalue weighted by Gasteiger charge is 2.19. The summed E-state index contributed by atoms with van der Waals surface area (Å²) < 4.78 is 8.05. The van der Waals surface area contributed by atoms with Crippen LogP contribution in [0.4, 0.5) is 5.69 Å². The van der Waals surface area contributed by atoms with Crippen LogP contribution in [0.3, 0.4) is 0 Å². The predicted octanol–water partition coefficient (Wildman–Crippen LogP) is 8.02. The average molecular weight is 639 g/mol. The van der Waals surface area contributed by atoms with Crippen LogP contribution in [0.15, 0.2) is 89.0 Å². The molecule has 0 radical (unpaired) electrons. The second-order valence-electron chi connectivity index (χ2n) is 9.06. The molecule has 10 heteroatoms. The second kappa shape index (κ2) is 19.6. The molecular weight excluding hydrogens is 592 g/mol. The minimum Gasteiger partial charge on any atom is -0.365 e. The lowest BCUT2D eigenvalue weighted by Gasteiger charge is -2.09. The first-order chi connectivity index (χ1) is 22.7. The zero-order chi connectivity index (χ0) is 35.7. The van der Waals surface area contributed by atoms with Crippen molar-refractivity contribution in [2.75, 3.05) is 12.4 Å². The molecule has 0 unspecified atom stereocenters. The maximum absolute atomic E-state index is 13.2. The van der Waals surface area contributed by atoms with E-state index in [4.69, 9.17) is 4.52 Å². The number of hydrogen-bond donors (Lipinski definition) is 2. The number of carbonyl (C=O) groups is 2. The molecule has 2 N–H and O–H groups in total. The molecule has 5 aromatic rings. The fourth-order valence-electron chi connectivity index (χ4n) is 4.28. The van der Waals surface area contributed by atoms with Crippen molar-refractivity contribution in [2.24, 2.45) is 7.05 Å². The molecule has 2 amide bonds. The zero-order valence-corrected chi connectivity index (χ0v) is 29.1. The Labute approximate surface area is 277 Å². The molecule has 248 valence electrons. The summed E-state index contributed by atoms with van der Waals surface area (Å²) in [7, 11) is 3.00. The molecule has 0 fully saturated rings. The first kappa shape index (κ1) is 39.3. The van der Waals surface area contributed by atoms with Crippen molar-refractivity contribution in [1.29, 1.82) is 5.26 Å². The molecule has 3 aromatic heterocycles. The number of amides is 2. The lowest BCUT2D eigenvalue weighted by Crippen LogP contribution is -2.19. The van der Waals surface area contributed by atoms with Crippen LogP contribution < -0.4 is 16.2 Å². The second-order valence-corrected chi connectivity index (χ2v) is 9.06. The van der Waals surface area contributed by atoms with Crippen LogP contribution in [0.1, 0.15) is 80.8 Å². The van der Waals surface area contributed by atoms with E-state index >= 15 is 0 Å². The Bertz CT molecular complexity index is 1870. The highest BCUT2D eigenvalue weighted by Crippen LogP contribution is 2.28. The number of hydrogen-bond acceptors (Lipinski definition) is 6. The minimum atomic E-state index is -0.410. The van der Waals surface area contributed by atoms with Gasteiger partial charge in [-0.3, -0.25) is 14.4 Å². The molecule has 0 bridgehead atoms. The number of benzene rings is 2. The molecule has 5 rings (SSSR count). The number of carbonyl (C=O) groups excluding carboxylic acids is 2. The molecule has 0 aliphatic heterocycles. The standard InChI is InChI=1S/C28H22N6O4.C3H6.3C2H6/c1-16-14-34-15-20(17-7-9-18(10-8-17)24-23(13-29)38-33(3)28(24)37)12-22(34)25(31-16)27(36)32-21-6-4-5-19(11-21)26(35)30-2;1-3-2;3*1-2/h4-12,14-15H,1-3H3,(H,30,35)(H,32,36);3H,1H2,2H3;3*1-2H3. The van der Waals surface area contributed by atoms with Crippen molar-refractivity contribution in [3.05, 3.63) is 113 Å². The van der Waals surface area contributed by atoms with E-state index in [0.717, 1.165) is 15.9 Å². The summed E-state index contributed by atoms with van der Waals surface area (Å²) in [5.74, 6) is -0.707. The van der Waals surface area contributed by atoms with Crippen LogP contribution in [0.5, 0.6) is 0 Å². The number of anilines is 1. The van der Waals surface area contributed by atoms with E-state index in [0.29, 0.717) is 28.0 Å². The van der Waals surface area contributed by atoms with Crippen LogP contribution in [-0.4, -0.2) is 33.0 Å². The molecule has 0 aliphatic rings. The van der Waals surface area contributed by atoms with E-state index < -0.39 is 5.91 Å². The van der Waals surface area contributed by atoms with Crippen molar-refractivity contribution in [3.8, 4) is 28.3 Å². The number of rotatable bonds is 5. The van der Waals surface area contributed by atoms with Gasteiger partial charge in [-0.15, -0.1) is 6.58 Å². The third-order valence-corrected chi connectivity index (χ3v) is 6.09. The fourth-order valence-corrected chi connectivity index (χ4v) is 4.28. The average Bonchev–Trinajstić information content (AvgIpc) is 3.66. The van der Waals surface area contributed by atoms with Crippen LogP contribution >= 0.6 is 0 Å². The molecule has 0 aliphatic carbocycles.